The summed E-state index contributed by atoms with van der Waals surface area (Å²) in [6.07, 6.45) is 1.05. The van der Waals surface area contributed by atoms with E-state index in [1.165, 1.54) is 5.56 Å². The van der Waals surface area contributed by atoms with Gasteiger partial charge in [-0.2, -0.15) is 0 Å². The molecule has 0 saturated carbocycles. The summed E-state index contributed by atoms with van der Waals surface area (Å²) in [6, 6.07) is 8.44. The number of methoxy groups -OCH3 is 1. The van der Waals surface area contributed by atoms with Crippen LogP contribution in [0, 0.1) is 5.41 Å². The lowest BCUT2D eigenvalue weighted by Gasteiger charge is -2.37. The Morgan fingerprint density at radius 1 is 1.20 bits per heavy atom. The molecule has 0 spiro atoms. The van der Waals surface area contributed by atoms with Crippen LogP contribution in [0.15, 0.2) is 24.3 Å². The van der Waals surface area contributed by atoms with Crippen molar-refractivity contribution in [3.05, 3.63) is 29.8 Å². The Morgan fingerprint density at radius 2 is 1.85 bits per heavy atom. The van der Waals surface area contributed by atoms with Crippen LogP contribution in [0.1, 0.15) is 33.3 Å². The van der Waals surface area contributed by atoms with E-state index in [1.54, 1.807) is 7.11 Å². The van der Waals surface area contributed by atoms with E-state index in [0.717, 1.165) is 18.8 Å². The van der Waals surface area contributed by atoms with Crippen molar-refractivity contribution < 1.29 is 9.47 Å². The van der Waals surface area contributed by atoms with E-state index >= 15 is 0 Å². The minimum Gasteiger partial charge on any atom is -0.496 e. The molecular weight excluding hydrogens is 250 g/mol. The molecule has 114 valence electrons. The first kappa shape index (κ1) is 17.0. The van der Waals surface area contributed by atoms with Gasteiger partial charge >= 0.3 is 0 Å². The molecule has 0 aliphatic carbocycles. The van der Waals surface area contributed by atoms with Crippen molar-refractivity contribution >= 4 is 0 Å². The molecule has 1 aromatic rings. The second-order valence-electron chi connectivity index (χ2n) is 6.15. The minimum atomic E-state index is 0.0890. The molecule has 2 atom stereocenters. The summed E-state index contributed by atoms with van der Waals surface area (Å²) in [4.78, 5) is 0. The van der Waals surface area contributed by atoms with Gasteiger partial charge in [-0.05, 0) is 37.4 Å². The lowest BCUT2D eigenvalue weighted by molar-refractivity contribution is -0.0341. The summed E-state index contributed by atoms with van der Waals surface area (Å²) in [5.41, 5.74) is 1.30. The van der Waals surface area contributed by atoms with E-state index in [0.29, 0.717) is 0 Å². The fourth-order valence-electron chi connectivity index (χ4n) is 2.62. The second kappa shape index (κ2) is 7.65. The smallest absolute Gasteiger partial charge is 0.122 e. The quantitative estimate of drug-likeness (QED) is 0.831. The lowest BCUT2D eigenvalue weighted by atomic mass is 9.82. The van der Waals surface area contributed by atoms with Crippen molar-refractivity contribution in [2.45, 2.75) is 46.3 Å². The van der Waals surface area contributed by atoms with Gasteiger partial charge in [0.05, 0.1) is 13.2 Å². The summed E-state index contributed by atoms with van der Waals surface area (Å²) in [5.74, 6) is 0.942. The molecule has 0 bridgehead atoms. The molecule has 2 unspecified atom stereocenters. The number of rotatable bonds is 7. The van der Waals surface area contributed by atoms with Crippen LogP contribution in [0.5, 0.6) is 5.75 Å². The van der Waals surface area contributed by atoms with Gasteiger partial charge in [-0.1, -0.05) is 39.0 Å². The Balaban J connectivity index is 2.94. The van der Waals surface area contributed by atoms with Crippen LogP contribution in [-0.4, -0.2) is 32.9 Å². The number of benzene rings is 1. The number of para-hydroxylation sites is 1. The Morgan fingerprint density at radius 3 is 2.35 bits per heavy atom. The second-order valence-corrected chi connectivity index (χ2v) is 6.15. The van der Waals surface area contributed by atoms with Crippen LogP contribution < -0.4 is 10.1 Å². The van der Waals surface area contributed by atoms with Gasteiger partial charge in [0.25, 0.3) is 0 Å². The molecule has 0 aromatic heterocycles. The number of hydrogen-bond donors (Lipinski definition) is 1. The van der Waals surface area contributed by atoms with E-state index in [2.05, 4.69) is 45.1 Å². The van der Waals surface area contributed by atoms with Crippen molar-refractivity contribution in [2.24, 2.45) is 5.41 Å². The highest BCUT2D eigenvalue weighted by Crippen LogP contribution is 2.28. The number of hydrogen-bond acceptors (Lipinski definition) is 3. The first-order valence-corrected chi connectivity index (χ1v) is 7.34. The zero-order valence-corrected chi connectivity index (χ0v) is 13.7. The summed E-state index contributed by atoms with van der Waals surface area (Å²) in [6.45, 7) is 9.44. The zero-order valence-electron chi connectivity index (χ0n) is 13.7. The summed E-state index contributed by atoms with van der Waals surface area (Å²) in [5, 5.41) is 3.41. The van der Waals surface area contributed by atoms with Crippen molar-refractivity contribution in [3.63, 3.8) is 0 Å². The number of likely N-dealkylation sites (N-methyl/N-ethyl adjacent to an activating group) is 1. The van der Waals surface area contributed by atoms with Crippen molar-refractivity contribution in [1.82, 2.24) is 5.32 Å². The van der Waals surface area contributed by atoms with Gasteiger partial charge < -0.3 is 14.8 Å². The largest absolute Gasteiger partial charge is 0.496 e. The fraction of sp³-hybridized carbons (Fsp3) is 0.647. The third-order valence-electron chi connectivity index (χ3n) is 3.57. The lowest BCUT2D eigenvalue weighted by Crippen LogP contribution is -2.48. The van der Waals surface area contributed by atoms with Crippen LogP contribution in [0.2, 0.25) is 0 Å². The van der Waals surface area contributed by atoms with Gasteiger partial charge in [0.1, 0.15) is 5.75 Å². The first-order chi connectivity index (χ1) is 9.43. The molecule has 3 nitrogen and oxygen atoms in total. The Kier molecular flexibility index (Phi) is 6.50. The highest BCUT2D eigenvalue weighted by Gasteiger charge is 2.32. The molecule has 1 N–H and O–H groups in total. The Hall–Kier alpha value is -1.06. The predicted octanol–water partition coefficient (Wildman–Crippen LogP) is 3.28. The maximum absolute atomic E-state index is 6.00. The van der Waals surface area contributed by atoms with Crippen molar-refractivity contribution in [1.29, 1.82) is 0 Å². The van der Waals surface area contributed by atoms with E-state index in [1.807, 2.05) is 19.2 Å². The third-order valence-corrected chi connectivity index (χ3v) is 3.57. The summed E-state index contributed by atoms with van der Waals surface area (Å²) >= 11 is 0. The molecule has 0 fully saturated rings. The standard InChI is InChI=1S/C17H29NO2/c1-7-20-16(17(2,3)4)14(18-5)12-13-10-8-9-11-15(13)19-6/h8-11,14,16,18H,7,12H2,1-6H3. The highest BCUT2D eigenvalue weighted by molar-refractivity contribution is 5.34. The minimum absolute atomic E-state index is 0.0890. The third kappa shape index (κ3) is 4.50. The molecule has 0 aliphatic heterocycles. The normalized spacial score (nSPS) is 14.9. The van der Waals surface area contributed by atoms with Gasteiger partial charge in [0, 0.05) is 12.6 Å². The summed E-state index contributed by atoms with van der Waals surface area (Å²) in [7, 11) is 3.72. The molecule has 0 amide bonds. The molecule has 20 heavy (non-hydrogen) atoms. The topological polar surface area (TPSA) is 30.5 Å². The van der Waals surface area contributed by atoms with Crippen LogP contribution in [0.25, 0.3) is 0 Å². The molecule has 1 aromatic carbocycles. The predicted molar refractivity (Wildman–Crippen MR) is 84.4 cm³/mol. The molecule has 0 radical (unpaired) electrons. The van der Waals surface area contributed by atoms with E-state index in [4.69, 9.17) is 9.47 Å². The molecule has 0 saturated heterocycles. The van der Waals surface area contributed by atoms with Gasteiger partial charge in [0.2, 0.25) is 0 Å². The molecular formula is C17H29NO2. The van der Waals surface area contributed by atoms with E-state index < -0.39 is 0 Å². The van der Waals surface area contributed by atoms with Gasteiger partial charge in [-0.25, -0.2) is 0 Å². The molecule has 0 aliphatic rings. The highest BCUT2D eigenvalue weighted by atomic mass is 16.5. The first-order valence-electron chi connectivity index (χ1n) is 7.34. The zero-order chi connectivity index (χ0) is 15.2. The van der Waals surface area contributed by atoms with Gasteiger partial charge in [-0.15, -0.1) is 0 Å². The molecule has 3 heteroatoms. The van der Waals surface area contributed by atoms with Gasteiger partial charge in [0.15, 0.2) is 0 Å². The molecule has 1 rings (SSSR count). The number of nitrogens with one attached hydrogen (secondary N) is 1. The fourth-order valence-corrected chi connectivity index (χ4v) is 2.62. The van der Waals surface area contributed by atoms with Crippen LogP contribution >= 0.6 is 0 Å². The van der Waals surface area contributed by atoms with Crippen molar-refractivity contribution in [2.75, 3.05) is 20.8 Å². The Labute approximate surface area is 123 Å². The van der Waals surface area contributed by atoms with Crippen molar-refractivity contribution in [3.8, 4) is 5.75 Å². The SMILES string of the molecule is CCOC(C(Cc1ccccc1OC)NC)C(C)(C)C. The summed E-state index contributed by atoms with van der Waals surface area (Å²) < 4.78 is 11.4. The average Bonchev–Trinajstić information content (AvgIpc) is 2.42. The van der Waals surface area contributed by atoms with Gasteiger partial charge in [-0.3, -0.25) is 0 Å². The maximum Gasteiger partial charge on any atom is 0.122 e. The Bertz CT molecular complexity index is 398. The molecule has 0 heterocycles. The maximum atomic E-state index is 6.00. The van der Waals surface area contributed by atoms with Crippen LogP contribution in [-0.2, 0) is 11.2 Å². The van der Waals surface area contributed by atoms with E-state index in [9.17, 15) is 0 Å². The monoisotopic (exact) mass is 279 g/mol. The van der Waals surface area contributed by atoms with Crippen LogP contribution in [0.3, 0.4) is 0 Å². The van der Waals surface area contributed by atoms with E-state index in [-0.39, 0.29) is 17.6 Å². The van der Waals surface area contributed by atoms with Crippen LogP contribution in [0.4, 0.5) is 0 Å². The average molecular weight is 279 g/mol. The number of ether oxygens (including phenoxy) is 2.